The Balaban J connectivity index is 1.62. The number of carbonyl (C=O) groups excluding carboxylic acids is 1. The molecule has 1 aromatic carbocycles. The van der Waals surface area contributed by atoms with E-state index in [1.807, 2.05) is 37.3 Å². The van der Waals surface area contributed by atoms with Crippen molar-refractivity contribution < 1.29 is 4.79 Å². The largest absolute Gasteiger partial charge is 0.366 e. The molecule has 27 heavy (non-hydrogen) atoms. The van der Waals surface area contributed by atoms with Gasteiger partial charge in [0.2, 0.25) is 0 Å². The van der Waals surface area contributed by atoms with Gasteiger partial charge >= 0.3 is 0 Å². The first kappa shape index (κ1) is 19.1. The Labute approximate surface area is 161 Å². The third-order valence-electron chi connectivity index (χ3n) is 4.83. The van der Waals surface area contributed by atoms with Crippen LogP contribution in [0, 0.1) is 5.92 Å². The van der Waals surface area contributed by atoms with Crippen LogP contribution in [0.25, 0.3) is 0 Å². The van der Waals surface area contributed by atoms with Crippen molar-refractivity contribution in [2.45, 2.75) is 39.7 Å². The molecule has 1 unspecified atom stereocenters. The van der Waals surface area contributed by atoms with E-state index in [0.717, 1.165) is 36.7 Å². The van der Waals surface area contributed by atoms with Gasteiger partial charge in [0.25, 0.3) is 5.91 Å². The van der Waals surface area contributed by atoms with Gasteiger partial charge in [-0.1, -0.05) is 26.0 Å². The Morgan fingerprint density at radius 1 is 1.30 bits per heavy atom. The number of benzene rings is 1. The van der Waals surface area contributed by atoms with Gasteiger partial charge in [-0.3, -0.25) is 4.79 Å². The molecule has 0 saturated carbocycles. The molecular formula is C21H29N5O. The van der Waals surface area contributed by atoms with Crippen molar-refractivity contribution in [1.29, 1.82) is 0 Å². The summed E-state index contributed by atoms with van der Waals surface area (Å²) in [5.41, 5.74) is 1.74. The molecule has 1 saturated heterocycles. The molecule has 2 N–H and O–H groups in total. The summed E-state index contributed by atoms with van der Waals surface area (Å²) in [5, 5.41) is 6.26. The maximum atomic E-state index is 12.1. The normalized spacial score (nSPS) is 16.8. The number of aromatic nitrogens is 2. The molecule has 1 aliphatic heterocycles. The molecule has 2 aromatic rings. The third kappa shape index (κ3) is 5.42. The van der Waals surface area contributed by atoms with E-state index in [2.05, 4.69) is 32.4 Å². The highest BCUT2D eigenvalue weighted by Crippen LogP contribution is 2.22. The van der Waals surface area contributed by atoms with Crippen molar-refractivity contribution in [3.8, 4) is 0 Å². The fourth-order valence-electron chi connectivity index (χ4n) is 3.37. The number of anilines is 2. The Bertz CT molecular complexity index is 764. The molecule has 0 radical (unpaired) electrons. The molecule has 1 atom stereocenters. The Kier molecular flexibility index (Phi) is 6.63. The van der Waals surface area contributed by atoms with Crippen molar-refractivity contribution in [3.63, 3.8) is 0 Å². The average Bonchev–Trinajstić information content (AvgIpc) is 2.71. The lowest BCUT2D eigenvalue weighted by Crippen LogP contribution is -2.34. The third-order valence-corrected chi connectivity index (χ3v) is 4.83. The first-order valence-electron chi connectivity index (χ1n) is 9.83. The first-order chi connectivity index (χ1) is 13.2. The highest BCUT2D eigenvalue weighted by molar-refractivity contribution is 5.94. The van der Waals surface area contributed by atoms with E-state index in [1.165, 1.54) is 12.8 Å². The number of nitrogens with zero attached hydrogens (tertiary/aromatic N) is 3. The van der Waals surface area contributed by atoms with Gasteiger partial charge in [-0.15, -0.1) is 0 Å². The number of hydrogen-bond donors (Lipinski definition) is 2. The van der Waals surface area contributed by atoms with Crippen LogP contribution in [0.2, 0.25) is 0 Å². The van der Waals surface area contributed by atoms with E-state index in [-0.39, 0.29) is 5.91 Å². The van der Waals surface area contributed by atoms with E-state index >= 15 is 0 Å². The van der Waals surface area contributed by atoms with Gasteiger partial charge in [-0.25, -0.2) is 9.97 Å². The Morgan fingerprint density at radius 3 is 3.00 bits per heavy atom. The summed E-state index contributed by atoms with van der Waals surface area (Å²) < 4.78 is 0. The van der Waals surface area contributed by atoms with Crippen LogP contribution >= 0.6 is 0 Å². The molecule has 6 nitrogen and oxygen atoms in total. The highest BCUT2D eigenvalue weighted by atomic mass is 16.1. The SMILES string of the molecule is CCCNC(=O)c1cccc(CNc2cc(N3CCCC(C)C3)ncn2)c1. The van der Waals surface area contributed by atoms with Crippen LogP contribution in [-0.2, 0) is 6.54 Å². The predicted octanol–water partition coefficient (Wildman–Crippen LogP) is 3.46. The summed E-state index contributed by atoms with van der Waals surface area (Å²) in [6.07, 6.45) is 5.04. The van der Waals surface area contributed by atoms with E-state index in [4.69, 9.17) is 0 Å². The van der Waals surface area contributed by atoms with Crippen LogP contribution in [0.15, 0.2) is 36.7 Å². The fraction of sp³-hybridized carbons (Fsp3) is 0.476. The number of nitrogens with one attached hydrogen (secondary N) is 2. The van der Waals surface area contributed by atoms with E-state index in [1.54, 1.807) is 6.33 Å². The molecule has 1 fully saturated rings. The topological polar surface area (TPSA) is 70.2 Å². The Morgan fingerprint density at radius 2 is 2.19 bits per heavy atom. The number of carbonyl (C=O) groups is 1. The number of piperidine rings is 1. The molecule has 2 heterocycles. The average molecular weight is 367 g/mol. The minimum absolute atomic E-state index is 0.0257. The molecule has 1 aliphatic rings. The zero-order chi connectivity index (χ0) is 19.1. The molecule has 0 aliphatic carbocycles. The molecular weight excluding hydrogens is 338 g/mol. The van der Waals surface area contributed by atoms with Gasteiger partial charge < -0.3 is 15.5 Å². The molecule has 0 spiro atoms. The summed E-state index contributed by atoms with van der Waals surface area (Å²) in [4.78, 5) is 23.2. The molecule has 144 valence electrons. The second-order valence-electron chi connectivity index (χ2n) is 7.26. The zero-order valence-corrected chi connectivity index (χ0v) is 16.2. The smallest absolute Gasteiger partial charge is 0.251 e. The maximum Gasteiger partial charge on any atom is 0.251 e. The molecule has 1 amide bonds. The predicted molar refractivity (Wildman–Crippen MR) is 109 cm³/mol. The Hall–Kier alpha value is -2.63. The molecule has 1 aromatic heterocycles. The highest BCUT2D eigenvalue weighted by Gasteiger charge is 2.17. The van der Waals surface area contributed by atoms with Gasteiger partial charge in [0.15, 0.2) is 0 Å². The van der Waals surface area contributed by atoms with Gasteiger partial charge in [0.1, 0.15) is 18.0 Å². The minimum atomic E-state index is -0.0257. The fourth-order valence-corrected chi connectivity index (χ4v) is 3.37. The van der Waals surface area contributed by atoms with Crippen LogP contribution in [0.1, 0.15) is 49.0 Å². The van der Waals surface area contributed by atoms with Crippen molar-refractivity contribution in [3.05, 3.63) is 47.8 Å². The van der Waals surface area contributed by atoms with Gasteiger partial charge in [0.05, 0.1) is 0 Å². The van der Waals surface area contributed by atoms with E-state index in [9.17, 15) is 4.79 Å². The second-order valence-corrected chi connectivity index (χ2v) is 7.26. The lowest BCUT2D eigenvalue weighted by atomic mass is 10.0. The quantitative estimate of drug-likeness (QED) is 0.784. The van der Waals surface area contributed by atoms with Crippen LogP contribution in [0.4, 0.5) is 11.6 Å². The lowest BCUT2D eigenvalue weighted by molar-refractivity contribution is 0.0953. The van der Waals surface area contributed by atoms with Crippen molar-refractivity contribution >= 4 is 17.5 Å². The molecule has 0 bridgehead atoms. The minimum Gasteiger partial charge on any atom is -0.366 e. The second kappa shape index (κ2) is 9.35. The zero-order valence-electron chi connectivity index (χ0n) is 16.2. The van der Waals surface area contributed by atoms with Crippen molar-refractivity contribution in [2.75, 3.05) is 29.9 Å². The van der Waals surface area contributed by atoms with Gasteiger partial charge in [-0.05, 0) is 42.9 Å². The summed E-state index contributed by atoms with van der Waals surface area (Å²) in [6, 6.07) is 9.70. The van der Waals surface area contributed by atoms with Crippen molar-refractivity contribution in [1.82, 2.24) is 15.3 Å². The lowest BCUT2D eigenvalue weighted by Gasteiger charge is -2.31. The van der Waals surface area contributed by atoms with Gasteiger partial charge in [-0.2, -0.15) is 0 Å². The van der Waals surface area contributed by atoms with Crippen LogP contribution < -0.4 is 15.5 Å². The number of amides is 1. The summed E-state index contributed by atoms with van der Waals surface area (Å²) in [5.74, 6) is 2.46. The van der Waals surface area contributed by atoms with Crippen molar-refractivity contribution in [2.24, 2.45) is 5.92 Å². The summed E-state index contributed by atoms with van der Waals surface area (Å²) in [6.45, 7) is 7.74. The molecule has 3 rings (SSSR count). The monoisotopic (exact) mass is 367 g/mol. The van der Waals surface area contributed by atoms with E-state index in [0.29, 0.717) is 24.6 Å². The van der Waals surface area contributed by atoms with Crippen LogP contribution in [0.3, 0.4) is 0 Å². The van der Waals surface area contributed by atoms with E-state index < -0.39 is 0 Å². The number of hydrogen-bond acceptors (Lipinski definition) is 5. The molecule has 6 heteroatoms. The number of rotatable bonds is 7. The summed E-state index contributed by atoms with van der Waals surface area (Å²) in [7, 11) is 0. The first-order valence-corrected chi connectivity index (χ1v) is 9.83. The van der Waals surface area contributed by atoms with Gasteiger partial charge in [0, 0.05) is 37.8 Å². The summed E-state index contributed by atoms with van der Waals surface area (Å²) >= 11 is 0. The standard InChI is InChI=1S/C21H29N5O/c1-3-9-22-21(27)18-8-4-7-17(11-18)13-23-19-12-20(25-15-24-19)26-10-5-6-16(2)14-26/h4,7-8,11-12,15-16H,3,5-6,9-10,13-14H2,1-2H3,(H,22,27)(H,23,24,25). The van der Waals surface area contributed by atoms with Crippen LogP contribution in [0.5, 0.6) is 0 Å². The van der Waals surface area contributed by atoms with Crippen LogP contribution in [-0.4, -0.2) is 35.5 Å². The maximum absolute atomic E-state index is 12.1.